The summed E-state index contributed by atoms with van der Waals surface area (Å²) in [6.07, 6.45) is 1.38. The zero-order valence-electron chi connectivity index (χ0n) is 9.85. The van der Waals surface area contributed by atoms with Gasteiger partial charge in [0.25, 0.3) is 0 Å². The van der Waals surface area contributed by atoms with Gasteiger partial charge in [-0.2, -0.15) is 0 Å². The van der Waals surface area contributed by atoms with E-state index < -0.39 is 12.0 Å². The van der Waals surface area contributed by atoms with Gasteiger partial charge in [-0.1, -0.05) is 37.3 Å². The van der Waals surface area contributed by atoms with Gasteiger partial charge in [0.2, 0.25) is 5.91 Å². The molecule has 0 aliphatic heterocycles. The molecule has 92 valence electrons. The zero-order valence-corrected chi connectivity index (χ0v) is 9.85. The lowest BCUT2D eigenvalue weighted by Crippen LogP contribution is -2.42. The first-order valence-corrected chi connectivity index (χ1v) is 5.69. The highest BCUT2D eigenvalue weighted by molar-refractivity contribution is 5.83. The summed E-state index contributed by atoms with van der Waals surface area (Å²) in [4.78, 5) is 22.4. The van der Waals surface area contributed by atoms with Gasteiger partial charge in [0.1, 0.15) is 6.04 Å². The quantitative estimate of drug-likeness (QED) is 0.787. The standard InChI is InChI=1S/C13H17NO3/c1-2-6-12(15)14-11(13(16)17)9-10-7-4-3-5-8-10/h3-5,7-8,11H,2,6,9H2,1H3,(H,14,15)(H,16,17). The smallest absolute Gasteiger partial charge is 0.326 e. The summed E-state index contributed by atoms with van der Waals surface area (Å²) >= 11 is 0. The van der Waals surface area contributed by atoms with Crippen LogP contribution in [0.5, 0.6) is 0 Å². The van der Waals surface area contributed by atoms with Gasteiger partial charge in [0.05, 0.1) is 0 Å². The van der Waals surface area contributed by atoms with E-state index in [4.69, 9.17) is 5.11 Å². The number of aliphatic carboxylic acids is 1. The van der Waals surface area contributed by atoms with Crippen molar-refractivity contribution in [2.24, 2.45) is 0 Å². The molecule has 0 fully saturated rings. The summed E-state index contributed by atoms with van der Waals surface area (Å²) in [5.74, 6) is -1.21. The molecule has 0 aromatic heterocycles. The van der Waals surface area contributed by atoms with Gasteiger partial charge in [0, 0.05) is 12.8 Å². The monoisotopic (exact) mass is 235 g/mol. The fraction of sp³-hybridized carbons (Fsp3) is 0.385. The summed E-state index contributed by atoms with van der Waals surface area (Å²) in [5.41, 5.74) is 0.900. The lowest BCUT2D eigenvalue weighted by atomic mass is 10.1. The molecule has 1 atom stereocenters. The number of amides is 1. The first-order chi connectivity index (χ1) is 8.13. The van der Waals surface area contributed by atoms with Crippen LogP contribution in [0.2, 0.25) is 0 Å². The molecular formula is C13H17NO3. The van der Waals surface area contributed by atoms with E-state index in [-0.39, 0.29) is 5.91 Å². The average Bonchev–Trinajstić information content (AvgIpc) is 2.29. The molecule has 1 aromatic carbocycles. The minimum atomic E-state index is -1.00. The molecule has 0 heterocycles. The second-order valence-electron chi connectivity index (χ2n) is 3.90. The molecule has 0 bridgehead atoms. The molecular weight excluding hydrogens is 218 g/mol. The highest BCUT2D eigenvalue weighted by Crippen LogP contribution is 2.04. The summed E-state index contributed by atoms with van der Waals surface area (Å²) in [6.45, 7) is 1.88. The fourth-order valence-corrected chi connectivity index (χ4v) is 1.54. The average molecular weight is 235 g/mol. The van der Waals surface area contributed by atoms with Crippen LogP contribution in [-0.2, 0) is 16.0 Å². The third-order valence-electron chi connectivity index (χ3n) is 2.39. The van der Waals surface area contributed by atoms with Gasteiger partial charge in [-0.3, -0.25) is 4.79 Å². The van der Waals surface area contributed by atoms with Crippen LogP contribution in [0.1, 0.15) is 25.3 Å². The van der Waals surface area contributed by atoms with Gasteiger partial charge >= 0.3 is 5.97 Å². The van der Waals surface area contributed by atoms with Crippen molar-refractivity contribution < 1.29 is 14.7 Å². The normalized spacial score (nSPS) is 11.8. The predicted molar refractivity (Wildman–Crippen MR) is 64.6 cm³/mol. The molecule has 4 nitrogen and oxygen atoms in total. The van der Waals surface area contributed by atoms with Crippen molar-refractivity contribution in [1.29, 1.82) is 0 Å². The molecule has 0 saturated heterocycles. The lowest BCUT2D eigenvalue weighted by Gasteiger charge is -2.14. The molecule has 0 aliphatic carbocycles. The predicted octanol–water partition coefficient (Wildman–Crippen LogP) is 1.60. The first kappa shape index (κ1) is 13.2. The molecule has 1 rings (SSSR count). The van der Waals surface area contributed by atoms with E-state index in [0.717, 1.165) is 5.56 Å². The Morgan fingerprint density at radius 3 is 2.47 bits per heavy atom. The maximum Gasteiger partial charge on any atom is 0.326 e. The zero-order chi connectivity index (χ0) is 12.7. The second kappa shape index (κ2) is 6.68. The lowest BCUT2D eigenvalue weighted by molar-refractivity contribution is -0.141. The number of carbonyl (C=O) groups excluding carboxylic acids is 1. The first-order valence-electron chi connectivity index (χ1n) is 5.69. The van der Waals surface area contributed by atoms with Crippen LogP contribution < -0.4 is 5.32 Å². The van der Waals surface area contributed by atoms with Crippen molar-refractivity contribution in [2.75, 3.05) is 0 Å². The molecule has 1 amide bonds. The maximum atomic E-state index is 11.4. The molecule has 0 spiro atoms. The van der Waals surface area contributed by atoms with Crippen LogP contribution in [0.4, 0.5) is 0 Å². The van der Waals surface area contributed by atoms with Crippen molar-refractivity contribution in [1.82, 2.24) is 5.32 Å². The Kier molecular flexibility index (Phi) is 5.20. The third kappa shape index (κ3) is 4.68. The van der Waals surface area contributed by atoms with E-state index in [1.807, 2.05) is 37.3 Å². The number of benzene rings is 1. The van der Waals surface area contributed by atoms with Crippen molar-refractivity contribution in [2.45, 2.75) is 32.2 Å². The molecule has 0 radical (unpaired) electrons. The van der Waals surface area contributed by atoms with Gasteiger partial charge in [-0.05, 0) is 12.0 Å². The number of carboxylic acid groups (broad SMARTS) is 1. The molecule has 0 saturated carbocycles. The highest BCUT2D eigenvalue weighted by atomic mass is 16.4. The molecule has 2 N–H and O–H groups in total. The number of hydrogen-bond acceptors (Lipinski definition) is 2. The number of carbonyl (C=O) groups is 2. The minimum Gasteiger partial charge on any atom is -0.480 e. The van der Waals surface area contributed by atoms with Crippen LogP contribution in [-0.4, -0.2) is 23.0 Å². The SMILES string of the molecule is CCCC(=O)NC(Cc1ccccc1)C(=O)O. The van der Waals surface area contributed by atoms with Gasteiger partial charge in [-0.15, -0.1) is 0 Å². The van der Waals surface area contributed by atoms with Crippen molar-refractivity contribution in [3.63, 3.8) is 0 Å². The topological polar surface area (TPSA) is 66.4 Å². The van der Waals surface area contributed by atoms with E-state index >= 15 is 0 Å². The van der Waals surface area contributed by atoms with Crippen LogP contribution in [0.3, 0.4) is 0 Å². The Hall–Kier alpha value is -1.84. The number of hydrogen-bond donors (Lipinski definition) is 2. The van der Waals surface area contributed by atoms with Gasteiger partial charge in [-0.25, -0.2) is 4.79 Å². The largest absolute Gasteiger partial charge is 0.480 e. The van der Waals surface area contributed by atoms with Crippen LogP contribution in [0, 0.1) is 0 Å². The molecule has 17 heavy (non-hydrogen) atoms. The Labute approximate surface area is 101 Å². The Morgan fingerprint density at radius 1 is 1.29 bits per heavy atom. The molecule has 4 heteroatoms. The Balaban J connectivity index is 2.61. The van der Waals surface area contributed by atoms with Crippen molar-refractivity contribution in [3.8, 4) is 0 Å². The van der Waals surface area contributed by atoms with E-state index in [0.29, 0.717) is 19.3 Å². The van der Waals surface area contributed by atoms with Gasteiger partial charge < -0.3 is 10.4 Å². The Bertz CT molecular complexity index is 376. The van der Waals surface area contributed by atoms with E-state index in [2.05, 4.69) is 5.32 Å². The van der Waals surface area contributed by atoms with E-state index in [1.54, 1.807) is 0 Å². The Morgan fingerprint density at radius 2 is 1.94 bits per heavy atom. The molecule has 1 unspecified atom stereocenters. The van der Waals surface area contributed by atoms with Gasteiger partial charge in [0.15, 0.2) is 0 Å². The number of carboxylic acids is 1. The highest BCUT2D eigenvalue weighted by Gasteiger charge is 2.19. The number of nitrogens with one attached hydrogen (secondary N) is 1. The molecule has 1 aromatic rings. The summed E-state index contributed by atoms with van der Waals surface area (Å²) in [6, 6.07) is 8.42. The van der Waals surface area contributed by atoms with Crippen molar-refractivity contribution in [3.05, 3.63) is 35.9 Å². The minimum absolute atomic E-state index is 0.212. The van der Waals surface area contributed by atoms with Crippen LogP contribution >= 0.6 is 0 Å². The van der Waals surface area contributed by atoms with E-state index in [9.17, 15) is 9.59 Å². The van der Waals surface area contributed by atoms with E-state index in [1.165, 1.54) is 0 Å². The summed E-state index contributed by atoms with van der Waals surface area (Å²) < 4.78 is 0. The van der Waals surface area contributed by atoms with Crippen molar-refractivity contribution >= 4 is 11.9 Å². The van der Waals surface area contributed by atoms with Crippen LogP contribution in [0.15, 0.2) is 30.3 Å². The molecule has 0 aliphatic rings. The fourth-order valence-electron chi connectivity index (χ4n) is 1.54. The summed E-state index contributed by atoms with van der Waals surface area (Å²) in [7, 11) is 0. The maximum absolute atomic E-state index is 11.4. The van der Waals surface area contributed by atoms with Crippen LogP contribution in [0.25, 0.3) is 0 Å². The second-order valence-corrected chi connectivity index (χ2v) is 3.90. The summed E-state index contributed by atoms with van der Waals surface area (Å²) in [5, 5.41) is 11.6. The number of rotatable bonds is 6. The third-order valence-corrected chi connectivity index (χ3v) is 2.39.